The van der Waals surface area contributed by atoms with E-state index in [1.165, 1.54) is 36.8 Å². The van der Waals surface area contributed by atoms with Crippen molar-refractivity contribution in [1.29, 1.82) is 0 Å². The lowest BCUT2D eigenvalue weighted by Gasteiger charge is -2.52. The van der Waals surface area contributed by atoms with Crippen LogP contribution in [-0.4, -0.2) is 19.3 Å². The Morgan fingerprint density at radius 1 is 1.29 bits per heavy atom. The molecule has 0 bridgehead atoms. The van der Waals surface area contributed by atoms with Crippen LogP contribution in [0.3, 0.4) is 0 Å². The summed E-state index contributed by atoms with van der Waals surface area (Å²) < 4.78 is 11.5. The van der Waals surface area contributed by atoms with Gasteiger partial charge in [0.15, 0.2) is 0 Å². The Balaban J connectivity index is 1.57. The standard InChI is InChI=1S/C22H28O2/c1-13-9-15-11-16(23-4)5-6-17(15)18-7-8-21(3)19(20(13)18)10-14(2)22(21)12-24-22/h5-6,11,13,18-20H,2,7-10,12H2,1,3-4H3/t13-,18-,19-,20-,21+,22+/m1/s1. The number of rotatable bonds is 1. The fourth-order valence-corrected chi connectivity index (χ4v) is 6.73. The summed E-state index contributed by atoms with van der Waals surface area (Å²) in [5.74, 6) is 3.93. The fourth-order valence-electron chi connectivity index (χ4n) is 6.73. The first-order valence-corrected chi connectivity index (χ1v) is 9.49. The highest BCUT2D eigenvalue weighted by Crippen LogP contribution is 2.70. The van der Waals surface area contributed by atoms with Crippen LogP contribution >= 0.6 is 0 Å². The first-order valence-electron chi connectivity index (χ1n) is 9.49. The van der Waals surface area contributed by atoms with E-state index in [2.05, 4.69) is 38.6 Å². The minimum atomic E-state index is 0.0303. The topological polar surface area (TPSA) is 21.8 Å². The minimum Gasteiger partial charge on any atom is -0.497 e. The Kier molecular flexibility index (Phi) is 2.92. The summed E-state index contributed by atoms with van der Waals surface area (Å²) in [6.07, 6.45) is 4.92. The first-order chi connectivity index (χ1) is 11.5. The molecule has 6 atom stereocenters. The molecule has 2 heteroatoms. The maximum Gasteiger partial charge on any atom is 0.119 e. The number of hydrogen-bond donors (Lipinski definition) is 0. The lowest BCUT2D eigenvalue weighted by Crippen LogP contribution is -2.48. The van der Waals surface area contributed by atoms with E-state index in [-0.39, 0.29) is 5.60 Å². The molecule has 0 amide bonds. The van der Waals surface area contributed by atoms with Gasteiger partial charge in [-0.3, -0.25) is 0 Å². The van der Waals surface area contributed by atoms with Crippen molar-refractivity contribution in [3.8, 4) is 5.75 Å². The van der Waals surface area contributed by atoms with E-state index < -0.39 is 0 Å². The van der Waals surface area contributed by atoms with Gasteiger partial charge >= 0.3 is 0 Å². The Morgan fingerprint density at radius 2 is 2.08 bits per heavy atom. The van der Waals surface area contributed by atoms with E-state index in [1.54, 1.807) is 12.7 Å². The van der Waals surface area contributed by atoms with Crippen LogP contribution in [0, 0.1) is 23.2 Å². The van der Waals surface area contributed by atoms with Crippen molar-refractivity contribution < 1.29 is 9.47 Å². The van der Waals surface area contributed by atoms with Gasteiger partial charge in [-0.2, -0.15) is 0 Å². The Bertz CT molecular complexity index is 717. The molecule has 2 nitrogen and oxygen atoms in total. The molecule has 24 heavy (non-hydrogen) atoms. The van der Waals surface area contributed by atoms with Gasteiger partial charge in [0.1, 0.15) is 11.4 Å². The second-order valence-electron chi connectivity index (χ2n) is 8.92. The first kappa shape index (κ1) is 15.0. The summed E-state index contributed by atoms with van der Waals surface area (Å²) in [4.78, 5) is 0. The third-order valence-electron chi connectivity index (χ3n) is 8.06. The molecule has 0 N–H and O–H groups in total. The zero-order valence-electron chi connectivity index (χ0n) is 15.1. The largest absolute Gasteiger partial charge is 0.497 e. The summed E-state index contributed by atoms with van der Waals surface area (Å²) in [7, 11) is 1.77. The molecule has 0 unspecified atom stereocenters. The average molecular weight is 324 g/mol. The van der Waals surface area contributed by atoms with E-state index in [9.17, 15) is 0 Å². The molecule has 1 heterocycles. The molecule has 0 radical (unpaired) electrons. The third-order valence-corrected chi connectivity index (χ3v) is 8.06. The van der Waals surface area contributed by atoms with Crippen LogP contribution in [0.1, 0.15) is 50.2 Å². The molecule has 5 rings (SSSR count). The molecule has 1 aromatic carbocycles. The molecule has 3 aliphatic carbocycles. The van der Waals surface area contributed by atoms with Crippen LogP contribution in [0.15, 0.2) is 30.4 Å². The summed E-state index contributed by atoms with van der Waals surface area (Å²) >= 11 is 0. The van der Waals surface area contributed by atoms with Gasteiger partial charge in [0, 0.05) is 5.41 Å². The predicted octanol–water partition coefficient (Wildman–Crippen LogP) is 4.73. The van der Waals surface area contributed by atoms with E-state index in [4.69, 9.17) is 9.47 Å². The van der Waals surface area contributed by atoms with Crippen molar-refractivity contribution >= 4 is 0 Å². The molecule has 1 saturated heterocycles. The fraction of sp³-hybridized carbons (Fsp3) is 0.636. The predicted molar refractivity (Wildman–Crippen MR) is 95.4 cm³/mol. The number of ether oxygens (including phenoxy) is 2. The smallest absolute Gasteiger partial charge is 0.119 e. The van der Waals surface area contributed by atoms with E-state index in [0.717, 1.165) is 30.1 Å². The van der Waals surface area contributed by atoms with Crippen molar-refractivity contribution in [3.05, 3.63) is 41.5 Å². The molecular weight excluding hydrogens is 296 g/mol. The molecule has 1 aliphatic heterocycles. The van der Waals surface area contributed by atoms with Crippen LogP contribution in [0.4, 0.5) is 0 Å². The van der Waals surface area contributed by atoms with Gasteiger partial charge in [0.2, 0.25) is 0 Å². The van der Waals surface area contributed by atoms with Crippen LogP contribution < -0.4 is 4.74 Å². The van der Waals surface area contributed by atoms with Crippen molar-refractivity contribution in [2.24, 2.45) is 23.2 Å². The maximum atomic E-state index is 6.04. The molecule has 4 aliphatic rings. The lowest BCUT2D eigenvalue weighted by atomic mass is 9.52. The highest BCUT2D eigenvalue weighted by molar-refractivity contribution is 5.43. The second kappa shape index (κ2) is 4.66. The van der Waals surface area contributed by atoms with Crippen LogP contribution in [-0.2, 0) is 11.2 Å². The van der Waals surface area contributed by atoms with Gasteiger partial charge in [-0.05, 0) is 78.2 Å². The Hall–Kier alpha value is -1.28. The molecule has 3 fully saturated rings. The third kappa shape index (κ3) is 1.66. The molecule has 1 spiro atoms. The van der Waals surface area contributed by atoms with Gasteiger partial charge in [-0.25, -0.2) is 0 Å². The number of fused-ring (bicyclic) bond motifs is 6. The number of epoxide rings is 1. The SMILES string of the molecule is C=C1C[C@@H]2[C@@H]3[C@H](C)Cc4cc(OC)ccc4[C@H]3CC[C@]2(C)[C@]12CO2. The summed E-state index contributed by atoms with van der Waals surface area (Å²) in [6, 6.07) is 6.77. The molecular formula is C22H28O2. The Labute approximate surface area is 145 Å². The van der Waals surface area contributed by atoms with Crippen molar-refractivity contribution in [2.45, 2.75) is 51.0 Å². The Morgan fingerprint density at radius 3 is 2.79 bits per heavy atom. The number of hydrogen-bond acceptors (Lipinski definition) is 2. The van der Waals surface area contributed by atoms with Gasteiger partial charge in [0.25, 0.3) is 0 Å². The maximum absolute atomic E-state index is 6.04. The van der Waals surface area contributed by atoms with Crippen molar-refractivity contribution in [3.63, 3.8) is 0 Å². The van der Waals surface area contributed by atoms with Gasteiger partial charge in [-0.15, -0.1) is 0 Å². The van der Waals surface area contributed by atoms with Gasteiger partial charge < -0.3 is 9.47 Å². The zero-order chi connectivity index (χ0) is 16.7. The highest BCUT2D eigenvalue weighted by atomic mass is 16.6. The monoisotopic (exact) mass is 324 g/mol. The normalized spacial score (nSPS) is 45.5. The van der Waals surface area contributed by atoms with Gasteiger partial charge in [0.05, 0.1) is 13.7 Å². The van der Waals surface area contributed by atoms with Crippen molar-refractivity contribution in [2.75, 3.05) is 13.7 Å². The number of benzene rings is 1. The highest BCUT2D eigenvalue weighted by Gasteiger charge is 2.70. The van der Waals surface area contributed by atoms with E-state index in [1.807, 2.05) is 0 Å². The number of methoxy groups -OCH3 is 1. The summed E-state index contributed by atoms with van der Waals surface area (Å²) in [5.41, 5.74) is 4.82. The van der Waals surface area contributed by atoms with E-state index in [0.29, 0.717) is 11.3 Å². The van der Waals surface area contributed by atoms with Crippen molar-refractivity contribution in [1.82, 2.24) is 0 Å². The van der Waals surface area contributed by atoms with Crippen LogP contribution in [0.2, 0.25) is 0 Å². The lowest BCUT2D eigenvalue weighted by molar-refractivity contribution is -0.00472. The molecule has 1 aromatic rings. The zero-order valence-corrected chi connectivity index (χ0v) is 15.1. The average Bonchev–Trinajstić information content (AvgIpc) is 3.35. The quantitative estimate of drug-likeness (QED) is 0.550. The minimum absolute atomic E-state index is 0.0303. The molecule has 0 aromatic heterocycles. The van der Waals surface area contributed by atoms with E-state index >= 15 is 0 Å². The van der Waals surface area contributed by atoms with Crippen LogP contribution in [0.5, 0.6) is 5.75 Å². The molecule has 2 saturated carbocycles. The molecule has 128 valence electrons. The summed E-state index contributed by atoms with van der Waals surface area (Å²) in [6.45, 7) is 10.3. The van der Waals surface area contributed by atoms with Crippen LogP contribution in [0.25, 0.3) is 0 Å². The second-order valence-corrected chi connectivity index (χ2v) is 8.92. The van der Waals surface area contributed by atoms with Gasteiger partial charge in [-0.1, -0.05) is 26.5 Å². The summed E-state index contributed by atoms with van der Waals surface area (Å²) in [5, 5.41) is 0.